The Morgan fingerprint density at radius 2 is 1.41 bits per heavy atom. The van der Waals surface area contributed by atoms with Gasteiger partial charge in [-0.15, -0.1) is 0 Å². The van der Waals surface area contributed by atoms with Crippen LogP contribution in [0.4, 0.5) is 0 Å². The molecule has 0 saturated carbocycles. The van der Waals surface area contributed by atoms with Crippen molar-refractivity contribution in [3.05, 3.63) is 0 Å². The third-order valence-corrected chi connectivity index (χ3v) is 5.04. The van der Waals surface area contributed by atoms with Crippen LogP contribution in [-0.4, -0.2) is 24.6 Å². The van der Waals surface area contributed by atoms with Gasteiger partial charge in [-0.25, -0.2) is 0 Å². The quantitative estimate of drug-likeness (QED) is 0.197. The molecule has 4 heteroatoms. The summed E-state index contributed by atoms with van der Waals surface area (Å²) in [6.45, 7) is 9.12. The molecule has 0 aromatic rings. The number of esters is 2. The fourth-order valence-corrected chi connectivity index (χ4v) is 3.26. The van der Waals surface area contributed by atoms with Crippen LogP contribution in [0.25, 0.3) is 0 Å². The minimum Gasteiger partial charge on any atom is -0.465 e. The summed E-state index contributed by atoms with van der Waals surface area (Å²) in [6, 6.07) is 0. The lowest BCUT2D eigenvalue weighted by molar-refractivity contribution is -0.150. The number of ether oxygens (including phenoxy) is 2. The Kier molecular flexibility index (Phi) is 17.6. The summed E-state index contributed by atoms with van der Waals surface area (Å²) in [6.07, 6.45) is 13.4. The third kappa shape index (κ3) is 15.7. The smallest absolute Gasteiger partial charge is 0.306 e. The molecule has 0 unspecified atom stereocenters. The molecule has 0 N–H and O–H groups in total. The second-order valence-corrected chi connectivity index (χ2v) is 7.70. The Bertz CT molecular complexity index is 367. The Hall–Kier alpha value is -1.06. The van der Waals surface area contributed by atoms with Gasteiger partial charge in [-0.05, 0) is 44.4 Å². The van der Waals surface area contributed by atoms with Crippen molar-refractivity contribution in [2.45, 2.75) is 124 Å². The van der Waals surface area contributed by atoms with Gasteiger partial charge in [-0.1, -0.05) is 66.2 Å². The first-order chi connectivity index (χ1) is 13.1. The summed E-state index contributed by atoms with van der Waals surface area (Å²) in [5.74, 6) is 0.103. The van der Waals surface area contributed by atoms with Crippen LogP contribution in [0.5, 0.6) is 0 Å². The van der Waals surface area contributed by atoms with Crippen molar-refractivity contribution in [2.75, 3.05) is 6.61 Å². The van der Waals surface area contributed by atoms with Crippen molar-refractivity contribution in [3.8, 4) is 0 Å². The van der Waals surface area contributed by atoms with Crippen LogP contribution < -0.4 is 0 Å². The van der Waals surface area contributed by atoms with E-state index in [1.807, 2.05) is 0 Å². The maximum Gasteiger partial charge on any atom is 0.306 e. The Morgan fingerprint density at radius 1 is 0.704 bits per heavy atom. The molecule has 0 aliphatic rings. The average Bonchev–Trinajstić information content (AvgIpc) is 2.66. The van der Waals surface area contributed by atoms with Crippen molar-refractivity contribution in [2.24, 2.45) is 5.92 Å². The van der Waals surface area contributed by atoms with Crippen LogP contribution in [0.3, 0.4) is 0 Å². The Labute approximate surface area is 167 Å². The molecule has 0 spiro atoms. The van der Waals surface area contributed by atoms with Gasteiger partial charge in [0.15, 0.2) is 0 Å². The predicted octanol–water partition coefficient (Wildman–Crippen LogP) is 6.60. The van der Waals surface area contributed by atoms with E-state index in [1.54, 1.807) is 0 Å². The molecule has 4 nitrogen and oxygen atoms in total. The van der Waals surface area contributed by atoms with Gasteiger partial charge in [-0.2, -0.15) is 0 Å². The molecule has 0 radical (unpaired) electrons. The van der Waals surface area contributed by atoms with Gasteiger partial charge >= 0.3 is 11.9 Å². The molecule has 0 aliphatic heterocycles. The average molecular weight is 385 g/mol. The van der Waals surface area contributed by atoms with Crippen LogP contribution in [0.1, 0.15) is 118 Å². The van der Waals surface area contributed by atoms with E-state index in [4.69, 9.17) is 9.47 Å². The van der Waals surface area contributed by atoms with Gasteiger partial charge in [0, 0.05) is 12.8 Å². The topological polar surface area (TPSA) is 52.6 Å². The normalized spacial score (nSPS) is 13.2. The molecule has 0 aromatic heterocycles. The van der Waals surface area contributed by atoms with Crippen LogP contribution in [-0.2, 0) is 19.1 Å². The Morgan fingerprint density at radius 3 is 2.04 bits per heavy atom. The number of hydrogen-bond acceptors (Lipinski definition) is 4. The number of rotatable bonds is 18. The lowest BCUT2D eigenvalue weighted by atomic mass is 9.98. The molecule has 160 valence electrons. The summed E-state index contributed by atoms with van der Waals surface area (Å²) in [7, 11) is 0. The van der Waals surface area contributed by atoms with E-state index in [1.165, 1.54) is 32.1 Å². The molecular formula is C23H44O4. The van der Waals surface area contributed by atoms with Crippen molar-refractivity contribution < 1.29 is 19.1 Å². The third-order valence-electron chi connectivity index (χ3n) is 5.04. The molecule has 0 amide bonds. The van der Waals surface area contributed by atoms with Gasteiger partial charge in [0.2, 0.25) is 0 Å². The first-order valence-corrected chi connectivity index (χ1v) is 11.4. The standard InChI is InChI=1S/C23H44O4/c1-5-9-11-12-16-21(8-4)27-23(25)18-13-17-22(24)26-19-20(14-7-3)15-10-6-2/h20-21H,5-19H2,1-4H3/t20-,21-/m1/s1. The second-order valence-electron chi connectivity index (χ2n) is 7.70. The minimum absolute atomic E-state index is 0.0228. The summed E-state index contributed by atoms with van der Waals surface area (Å²) in [4.78, 5) is 23.9. The highest BCUT2D eigenvalue weighted by Gasteiger charge is 2.14. The summed E-state index contributed by atoms with van der Waals surface area (Å²) in [5, 5.41) is 0. The van der Waals surface area contributed by atoms with Crippen LogP contribution in [0.15, 0.2) is 0 Å². The zero-order chi connectivity index (χ0) is 20.3. The van der Waals surface area contributed by atoms with Gasteiger partial charge in [-0.3, -0.25) is 9.59 Å². The predicted molar refractivity (Wildman–Crippen MR) is 112 cm³/mol. The summed E-state index contributed by atoms with van der Waals surface area (Å²) in [5.41, 5.74) is 0. The van der Waals surface area contributed by atoms with E-state index in [-0.39, 0.29) is 18.0 Å². The molecule has 27 heavy (non-hydrogen) atoms. The van der Waals surface area contributed by atoms with Gasteiger partial charge in [0.1, 0.15) is 6.10 Å². The lowest BCUT2D eigenvalue weighted by Crippen LogP contribution is -2.18. The number of unbranched alkanes of at least 4 members (excludes halogenated alkanes) is 4. The van der Waals surface area contributed by atoms with E-state index >= 15 is 0 Å². The van der Waals surface area contributed by atoms with Crippen molar-refractivity contribution in [3.63, 3.8) is 0 Å². The zero-order valence-corrected chi connectivity index (χ0v) is 18.4. The fraction of sp³-hybridized carbons (Fsp3) is 0.913. The maximum atomic E-state index is 12.0. The first kappa shape index (κ1) is 25.9. The van der Waals surface area contributed by atoms with E-state index in [2.05, 4.69) is 27.7 Å². The van der Waals surface area contributed by atoms with Crippen LogP contribution in [0.2, 0.25) is 0 Å². The van der Waals surface area contributed by atoms with E-state index in [0.29, 0.717) is 31.8 Å². The number of hydrogen-bond donors (Lipinski definition) is 0. The molecule has 2 atom stereocenters. The highest BCUT2D eigenvalue weighted by molar-refractivity contribution is 5.72. The van der Waals surface area contributed by atoms with Crippen molar-refractivity contribution >= 4 is 11.9 Å². The van der Waals surface area contributed by atoms with E-state index in [0.717, 1.165) is 38.5 Å². The molecule has 0 heterocycles. The molecular weight excluding hydrogens is 340 g/mol. The maximum absolute atomic E-state index is 12.0. The highest BCUT2D eigenvalue weighted by Crippen LogP contribution is 2.16. The van der Waals surface area contributed by atoms with Crippen LogP contribution in [0, 0.1) is 5.92 Å². The van der Waals surface area contributed by atoms with E-state index in [9.17, 15) is 9.59 Å². The second kappa shape index (κ2) is 18.3. The fourth-order valence-electron chi connectivity index (χ4n) is 3.26. The largest absolute Gasteiger partial charge is 0.465 e. The van der Waals surface area contributed by atoms with Gasteiger partial charge in [0.05, 0.1) is 6.61 Å². The Balaban J connectivity index is 3.91. The highest BCUT2D eigenvalue weighted by atomic mass is 16.5. The summed E-state index contributed by atoms with van der Waals surface area (Å²) >= 11 is 0. The van der Waals surface area contributed by atoms with Crippen molar-refractivity contribution in [1.82, 2.24) is 0 Å². The van der Waals surface area contributed by atoms with Crippen molar-refractivity contribution in [1.29, 1.82) is 0 Å². The molecule has 0 aromatic carbocycles. The number of carbonyl (C=O) groups excluding carboxylic acids is 2. The first-order valence-electron chi connectivity index (χ1n) is 11.4. The van der Waals surface area contributed by atoms with E-state index < -0.39 is 0 Å². The van der Waals surface area contributed by atoms with Gasteiger partial charge < -0.3 is 9.47 Å². The minimum atomic E-state index is -0.188. The SMILES string of the molecule is CCCCCC[C@@H](CC)OC(=O)CCCC(=O)OC[C@H](CCC)CCCC. The molecule has 0 fully saturated rings. The summed E-state index contributed by atoms with van der Waals surface area (Å²) < 4.78 is 11.0. The van der Waals surface area contributed by atoms with Crippen LogP contribution >= 0.6 is 0 Å². The molecule has 0 rings (SSSR count). The van der Waals surface area contributed by atoms with Gasteiger partial charge in [0.25, 0.3) is 0 Å². The monoisotopic (exact) mass is 384 g/mol. The lowest BCUT2D eigenvalue weighted by Gasteiger charge is -2.17. The molecule has 0 saturated heterocycles. The zero-order valence-electron chi connectivity index (χ0n) is 18.4. The molecule has 0 aliphatic carbocycles. The molecule has 0 bridgehead atoms. The number of carbonyl (C=O) groups is 2.